The number of benzene rings is 1. The number of rotatable bonds is 2. The topological polar surface area (TPSA) is 80.4 Å². The quantitative estimate of drug-likeness (QED) is 0.618. The second kappa shape index (κ2) is 3.04. The van der Waals surface area contributed by atoms with E-state index in [0.29, 0.717) is 11.8 Å². The molecule has 12 heavy (non-hydrogen) atoms. The van der Waals surface area contributed by atoms with E-state index in [0.717, 1.165) is 0 Å². The summed E-state index contributed by atoms with van der Waals surface area (Å²) in [6.45, 7) is 0. The van der Waals surface area contributed by atoms with Crippen molar-refractivity contribution in [2.45, 2.75) is 0 Å². The summed E-state index contributed by atoms with van der Waals surface area (Å²) in [6.07, 6.45) is 0.575. The maximum atomic E-state index is 10.6. The van der Waals surface area contributed by atoms with Crippen LogP contribution >= 0.6 is 0 Å². The first-order valence-corrected chi connectivity index (χ1v) is 3.23. The lowest BCUT2D eigenvalue weighted by atomic mass is 10.1. The van der Waals surface area contributed by atoms with Crippen LogP contribution in [0.1, 0.15) is 20.7 Å². The Balaban J connectivity index is 3.25. The Bertz CT molecular complexity index is 333. The molecule has 0 saturated heterocycles. The van der Waals surface area contributed by atoms with E-state index in [1.807, 2.05) is 0 Å². The van der Waals surface area contributed by atoms with Crippen molar-refractivity contribution in [3.05, 3.63) is 29.3 Å². The van der Waals surface area contributed by atoms with Crippen molar-refractivity contribution in [3.63, 3.8) is 0 Å². The predicted molar refractivity (Wildman–Crippen MR) is 42.0 cm³/mol. The maximum Gasteiger partial charge on any atom is 0.252 e. The molecular formula is C8H7NO3. The summed E-state index contributed by atoms with van der Waals surface area (Å²) in [5.74, 6) is -0.968. The molecule has 0 radical (unpaired) electrons. The van der Waals surface area contributed by atoms with Crippen molar-refractivity contribution in [1.82, 2.24) is 0 Å². The Morgan fingerprint density at radius 3 is 2.67 bits per heavy atom. The van der Waals surface area contributed by atoms with Crippen molar-refractivity contribution in [2.24, 2.45) is 5.73 Å². The van der Waals surface area contributed by atoms with Crippen molar-refractivity contribution >= 4 is 12.2 Å². The first-order valence-electron chi connectivity index (χ1n) is 3.23. The number of hydrogen-bond acceptors (Lipinski definition) is 3. The largest absolute Gasteiger partial charge is 0.507 e. The van der Waals surface area contributed by atoms with Gasteiger partial charge in [-0.2, -0.15) is 0 Å². The minimum absolute atomic E-state index is 0.0420. The van der Waals surface area contributed by atoms with Crippen molar-refractivity contribution in [1.29, 1.82) is 0 Å². The summed E-state index contributed by atoms with van der Waals surface area (Å²) >= 11 is 0. The van der Waals surface area contributed by atoms with Crippen LogP contribution in [0.4, 0.5) is 0 Å². The molecule has 0 aromatic heterocycles. The summed E-state index contributed by atoms with van der Waals surface area (Å²) < 4.78 is 0. The predicted octanol–water partition coefficient (Wildman–Crippen LogP) is 0.304. The number of carbonyl (C=O) groups excluding carboxylic acids is 2. The zero-order chi connectivity index (χ0) is 9.14. The molecule has 1 rings (SSSR count). The number of amides is 1. The molecule has 0 aliphatic carbocycles. The van der Waals surface area contributed by atoms with E-state index in [-0.39, 0.29) is 11.3 Å². The normalized spacial score (nSPS) is 9.33. The van der Waals surface area contributed by atoms with Crippen molar-refractivity contribution in [2.75, 3.05) is 0 Å². The monoisotopic (exact) mass is 165 g/mol. The second-order valence-electron chi connectivity index (χ2n) is 2.26. The van der Waals surface area contributed by atoms with E-state index in [4.69, 9.17) is 10.8 Å². The highest BCUT2D eigenvalue weighted by Gasteiger charge is 2.07. The van der Waals surface area contributed by atoms with Crippen molar-refractivity contribution in [3.8, 4) is 5.75 Å². The van der Waals surface area contributed by atoms with Crippen LogP contribution in [-0.4, -0.2) is 17.3 Å². The van der Waals surface area contributed by atoms with Crippen LogP contribution in [0.2, 0.25) is 0 Å². The smallest absolute Gasteiger partial charge is 0.252 e. The van der Waals surface area contributed by atoms with Gasteiger partial charge in [0.2, 0.25) is 0 Å². The van der Waals surface area contributed by atoms with Gasteiger partial charge >= 0.3 is 0 Å². The van der Waals surface area contributed by atoms with Crippen LogP contribution in [0, 0.1) is 0 Å². The lowest BCUT2D eigenvalue weighted by molar-refractivity contribution is 0.0998. The summed E-state index contributed by atoms with van der Waals surface area (Å²) in [7, 11) is 0. The van der Waals surface area contributed by atoms with Gasteiger partial charge in [-0.3, -0.25) is 9.59 Å². The van der Waals surface area contributed by atoms with Crippen LogP contribution in [0.3, 0.4) is 0 Å². The molecule has 1 amide bonds. The van der Waals surface area contributed by atoms with E-state index in [2.05, 4.69) is 0 Å². The van der Waals surface area contributed by atoms with E-state index in [9.17, 15) is 9.59 Å². The lowest BCUT2D eigenvalue weighted by Gasteiger charge is -1.99. The lowest BCUT2D eigenvalue weighted by Crippen LogP contribution is -2.11. The number of aromatic hydroxyl groups is 1. The first-order chi connectivity index (χ1) is 5.65. The van der Waals surface area contributed by atoms with Gasteiger partial charge in [0, 0.05) is 5.56 Å². The number of phenols is 1. The van der Waals surface area contributed by atoms with Crippen LogP contribution in [0.25, 0.3) is 0 Å². The number of aldehydes is 1. The van der Waals surface area contributed by atoms with Gasteiger partial charge in [-0.1, -0.05) is 0 Å². The average molecular weight is 165 g/mol. The first kappa shape index (κ1) is 8.26. The van der Waals surface area contributed by atoms with Gasteiger partial charge in [-0.15, -0.1) is 0 Å². The van der Waals surface area contributed by atoms with Crippen LogP contribution in [0.15, 0.2) is 18.2 Å². The fraction of sp³-hybridized carbons (Fsp3) is 0. The zero-order valence-electron chi connectivity index (χ0n) is 6.15. The van der Waals surface area contributed by atoms with Gasteiger partial charge < -0.3 is 10.8 Å². The van der Waals surface area contributed by atoms with E-state index in [1.54, 1.807) is 0 Å². The average Bonchev–Trinajstić information content (AvgIpc) is 2.05. The molecule has 0 atom stereocenters. The molecule has 0 aliphatic heterocycles. The second-order valence-corrected chi connectivity index (χ2v) is 2.26. The Morgan fingerprint density at radius 2 is 2.17 bits per heavy atom. The SMILES string of the molecule is NC(=O)c1cc(C=O)ccc1O. The zero-order valence-corrected chi connectivity index (χ0v) is 6.15. The van der Waals surface area contributed by atoms with Crippen LogP contribution < -0.4 is 5.73 Å². The molecule has 0 fully saturated rings. The standard InChI is InChI=1S/C8H7NO3/c9-8(12)6-3-5(4-10)1-2-7(6)11/h1-4,11H,(H2,9,12). The Labute approximate surface area is 68.6 Å². The summed E-state index contributed by atoms with van der Waals surface area (Å²) in [4.78, 5) is 20.9. The maximum absolute atomic E-state index is 10.6. The third-order valence-electron chi connectivity index (χ3n) is 1.42. The molecule has 1 aromatic rings. The molecule has 1 aromatic carbocycles. The molecule has 4 heteroatoms. The number of primary amides is 1. The molecule has 3 N–H and O–H groups in total. The molecule has 0 bridgehead atoms. The van der Waals surface area contributed by atoms with Gasteiger partial charge in [0.15, 0.2) is 0 Å². The number of hydrogen-bond donors (Lipinski definition) is 2. The van der Waals surface area contributed by atoms with Crippen LogP contribution in [0.5, 0.6) is 5.75 Å². The molecule has 0 heterocycles. The number of carbonyl (C=O) groups is 2. The molecule has 0 spiro atoms. The summed E-state index contributed by atoms with van der Waals surface area (Å²) in [5, 5.41) is 9.08. The molecule has 0 saturated carbocycles. The van der Waals surface area contributed by atoms with E-state index >= 15 is 0 Å². The molecule has 0 unspecified atom stereocenters. The highest BCUT2D eigenvalue weighted by atomic mass is 16.3. The molecule has 4 nitrogen and oxygen atoms in total. The van der Waals surface area contributed by atoms with Gasteiger partial charge in [-0.25, -0.2) is 0 Å². The number of nitrogens with two attached hydrogens (primary N) is 1. The van der Waals surface area contributed by atoms with E-state index < -0.39 is 5.91 Å². The fourth-order valence-corrected chi connectivity index (χ4v) is 0.824. The summed E-state index contributed by atoms with van der Waals surface area (Å²) in [6, 6.07) is 3.89. The highest BCUT2D eigenvalue weighted by Crippen LogP contribution is 2.16. The third kappa shape index (κ3) is 1.42. The summed E-state index contributed by atoms with van der Waals surface area (Å²) in [5.41, 5.74) is 5.19. The van der Waals surface area contributed by atoms with Crippen molar-refractivity contribution < 1.29 is 14.7 Å². The highest BCUT2D eigenvalue weighted by molar-refractivity contribution is 5.97. The van der Waals surface area contributed by atoms with Gasteiger partial charge in [-0.05, 0) is 18.2 Å². The van der Waals surface area contributed by atoms with Crippen LogP contribution in [-0.2, 0) is 0 Å². The molecular weight excluding hydrogens is 158 g/mol. The third-order valence-corrected chi connectivity index (χ3v) is 1.42. The molecule has 0 aliphatic rings. The molecule has 62 valence electrons. The minimum atomic E-state index is -0.754. The fourth-order valence-electron chi connectivity index (χ4n) is 0.824. The van der Waals surface area contributed by atoms with E-state index in [1.165, 1.54) is 18.2 Å². The Morgan fingerprint density at radius 1 is 1.50 bits per heavy atom. The van der Waals surface area contributed by atoms with Gasteiger partial charge in [0.05, 0.1) is 5.56 Å². The van der Waals surface area contributed by atoms with Gasteiger partial charge in [0.25, 0.3) is 5.91 Å². The Hall–Kier alpha value is -1.84. The minimum Gasteiger partial charge on any atom is -0.507 e. The Kier molecular flexibility index (Phi) is 2.09. The van der Waals surface area contributed by atoms with Gasteiger partial charge in [0.1, 0.15) is 12.0 Å².